The predicted molar refractivity (Wildman–Crippen MR) is 52.6 cm³/mol. The van der Waals surface area contributed by atoms with E-state index in [4.69, 9.17) is 5.11 Å². The van der Waals surface area contributed by atoms with Gasteiger partial charge in [-0.25, -0.2) is 4.39 Å². The zero-order chi connectivity index (χ0) is 10.3. The maximum atomic E-state index is 13.4. The summed E-state index contributed by atoms with van der Waals surface area (Å²) in [6.07, 6.45) is 1.05. The Balaban J connectivity index is 2.51. The second-order valence-corrected chi connectivity index (χ2v) is 4.43. The molecule has 1 saturated carbocycles. The minimum Gasteiger partial charge on any atom is -0.481 e. The number of carbonyl (C=O) groups is 1. The van der Waals surface area contributed by atoms with Crippen LogP contribution >= 0.6 is 15.9 Å². The van der Waals surface area contributed by atoms with Gasteiger partial charge in [0.05, 0.1) is 5.41 Å². The highest BCUT2D eigenvalue weighted by atomic mass is 79.9. The number of hydrogen-bond acceptors (Lipinski definition) is 1. The summed E-state index contributed by atoms with van der Waals surface area (Å²) in [5.74, 6) is -1.37. The van der Waals surface area contributed by atoms with Crippen LogP contribution in [0.4, 0.5) is 4.39 Å². The third kappa shape index (κ3) is 1.34. The fourth-order valence-corrected chi connectivity index (χ4v) is 1.95. The first-order valence-corrected chi connectivity index (χ1v) is 5.04. The van der Waals surface area contributed by atoms with Crippen molar-refractivity contribution in [2.24, 2.45) is 0 Å². The second-order valence-electron chi connectivity index (χ2n) is 3.51. The SMILES string of the molecule is O=C(O)C1(c2cc(Br)ccc2F)CC1. The summed E-state index contributed by atoms with van der Waals surface area (Å²) in [6.45, 7) is 0. The fraction of sp³-hybridized carbons (Fsp3) is 0.300. The van der Waals surface area contributed by atoms with E-state index in [2.05, 4.69) is 15.9 Å². The summed E-state index contributed by atoms with van der Waals surface area (Å²) in [6, 6.07) is 4.41. The Bertz CT molecular complexity index is 399. The average Bonchev–Trinajstić information content (AvgIpc) is 2.90. The monoisotopic (exact) mass is 258 g/mol. The zero-order valence-corrected chi connectivity index (χ0v) is 8.84. The lowest BCUT2D eigenvalue weighted by Gasteiger charge is -2.11. The molecular formula is C10H8BrFO2. The molecule has 0 radical (unpaired) electrons. The number of hydrogen-bond donors (Lipinski definition) is 1. The molecule has 0 aromatic heterocycles. The van der Waals surface area contributed by atoms with Crippen LogP contribution in [0.2, 0.25) is 0 Å². The van der Waals surface area contributed by atoms with Crippen LogP contribution in [0.1, 0.15) is 18.4 Å². The number of benzene rings is 1. The van der Waals surface area contributed by atoms with Crippen LogP contribution in [0.15, 0.2) is 22.7 Å². The summed E-state index contributed by atoms with van der Waals surface area (Å²) in [5.41, 5.74) is -0.673. The Kier molecular flexibility index (Phi) is 2.10. The van der Waals surface area contributed by atoms with Crippen molar-refractivity contribution in [3.05, 3.63) is 34.1 Å². The first-order chi connectivity index (χ1) is 6.56. The molecule has 1 aromatic carbocycles. The number of aliphatic carboxylic acids is 1. The van der Waals surface area contributed by atoms with Gasteiger partial charge in [-0.05, 0) is 31.0 Å². The molecule has 14 heavy (non-hydrogen) atoms. The molecule has 1 N–H and O–H groups in total. The van der Waals surface area contributed by atoms with Crippen LogP contribution in [-0.4, -0.2) is 11.1 Å². The third-order valence-corrected chi connectivity index (χ3v) is 3.10. The molecule has 0 atom stereocenters. The number of carboxylic acids is 1. The summed E-state index contributed by atoms with van der Waals surface area (Å²) < 4.78 is 14.1. The van der Waals surface area contributed by atoms with Crippen molar-refractivity contribution in [3.8, 4) is 0 Å². The van der Waals surface area contributed by atoms with Gasteiger partial charge < -0.3 is 5.11 Å². The summed E-state index contributed by atoms with van der Waals surface area (Å²) in [7, 11) is 0. The molecule has 0 saturated heterocycles. The number of carboxylic acid groups (broad SMARTS) is 1. The van der Waals surface area contributed by atoms with E-state index in [0.29, 0.717) is 22.9 Å². The molecule has 2 rings (SSSR count). The largest absolute Gasteiger partial charge is 0.481 e. The van der Waals surface area contributed by atoms with Gasteiger partial charge in [-0.2, -0.15) is 0 Å². The minimum absolute atomic E-state index is 0.291. The quantitative estimate of drug-likeness (QED) is 0.886. The van der Waals surface area contributed by atoms with E-state index >= 15 is 0 Å². The topological polar surface area (TPSA) is 37.3 Å². The molecular weight excluding hydrogens is 251 g/mol. The molecule has 0 aliphatic heterocycles. The maximum Gasteiger partial charge on any atom is 0.314 e. The van der Waals surface area contributed by atoms with Gasteiger partial charge in [-0.1, -0.05) is 15.9 Å². The first-order valence-electron chi connectivity index (χ1n) is 4.25. The van der Waals surface area contributed by atoms with Crippen molar-refractivity contribution in [2.75, 3.05) is 0 Å². The van der Waals surface area contributed by atoms with Gasteiger partial charge in [0, 0.05) is 10.0 Å². The first kappa shape index (κ1) is 9.65. The van der Waals surface area contributed by atoms with Crippen LogP contribution in [0, 0.1) is 5.82 Å². The number of rotatable bonds is 2. The van der Waals surface area contributed by atoms with E-state index in [0.717, 1.165) is 0 Å². The van der Waals surface area contributed by atoms with Gasteiger partial charge >= 0.3 is 5.97 Å². The van der Waals surface area contributed by atoms with Crippen LogP contribution in [0.25, 0.3) is 0 Å². The van der Waals surface area contributed by atoms with Crippen LogP contribution in [-0.2, 0) is 10.2 Å². The lowest BCUT2D eigenvalue weighted by Crippen LogP contribution is -2.20. The Labute approximate surface area is 88.9 Å². The van der Waals surface area contributed by atoms with Crippen LogP contribution in [0.3, 0.4) is 0 Å². The Morgan fingerprint density at radius 3 is 2.64 bits per heavy atom. The van der Waals surface area contributed by atoms with Gasteiger partial charge in [-0.15, -0.1) is 0 Å². The molecule has 1 fully saturated rings. The Hall–Kier alpha value is -0.900. The van der Waals surface area contributed by atoms with E-state index in [-0.39, 0.29) is 0 Å². The molecule has 0 heterocycles. The van der Waals surface area contributed by atoms with Gasteiger partial charge in [0.25, 0.3) is 0 Å². The maximum absolute atomic E-state index is 13.4. The molecule has 4 heteroatoms. The van der Waals surface area contributed by atoms with Gasteiger partial charge in [-0.3, -0.25) is 4.79 Å². The van der Waals surface area contributed by atoms with Crippen LogP contribution in [0.5, 0.6) is 0 Å². The normalized spacial score (nSPS) is 17.9. The second kappa shape index (κ2) is 3.05. The minimum atomic E-state index is -0.964. The standard InChI is InChI=1S/C10H8BrFO2/c11-6-1-2-8(12)7(5-6)10(3-4-10)9(13)14/h1-2,5H,3-4H2,(H,13,14). The predicted octanol–water partition coefficient (Wildman–Crippen LogP) is 2.70. The number of halogens is 2. The van der Waals surface area contributed by atoms with Gasteiger partial charge in [0.2, 0.25) is 0 Å². The Morgan fingerprint density at radius 1 is 1.50 bits per heavy atom. The fourth-order valence-electron chi connectivity index (χ4n) is 1.59. The molecule has 74 valence electrons. The van der Waals surface area contributed by atoms with Crippen molar-refractivity contribution in [3.63, 3.8) is 0 Å². The lowest BCUT2D eigenvalue weighted by atomic mass is 9.96. The van der Waals surface area contributed by atoms with Crippen LogP contribution < -0.4 is 0 Å². The van der Waals surface area contributed by atoms with E-state index in [9.17, 15) is 9.18 Å². The summed E-state index contributed by atoms with van der Waals surface area (Å²) in [5, 5.41) is 8.99. The molecule has 1 aliphatic carbocycles. The van der Waals surface area contributed by atoms with E-state index in [1.807, 2.05) is 0 Å². The molecule has 0 unspecified atom stereocenters. The molecule has 0 amide bonds. The summed E-state index contributed by atoms with van der Waals surface area (Å²) in [4.78, 5) is 11.0. The van der Waals surface area contributed by atoms with E-state index in [1.54, 1.807) is 12.1 Å². The van der Waals surface area contributed by atoms with Crippen molar-refractivity contribution in [1.29, 1.82) is 0 Å². The lowest BCUT2D eigenvalue weighted by molar-refractivity contribution is -0.140. The highest BCUT2D eigenvalue weighted by molar-refractivity contribution is 9.10. The Morgan fingerprint density at radius 2 is 2.14 bits per heavy atom. The van der Waals surface area contributed by atoms with Crippen molar-refractivity contribution >= 4 is 21.9 Å². The highest BCUT2D eigenvalue weighted by Gasteiger charge is 2.53. The average molecular weight is 259 g/mol. The van der Waals surface area contributed by atoms with E-state index < -0.39 is 17.2 Å². The highest BCUT2D eigenvalue weighted by Crippen LogP contribution is 2.49. The molecule has 1 aliphatic rings. The smallest absolute Gasteiger partial charge is 0.314 e. The molecule has 0 bridgehead atoms. The molecule has 0 spiro atoms. The van der Waals surface area contributed by atoms with E-state index in [1.165, 1.54) is 6.07 Å². The van der Waals surface area contributed by atoms with Crippen molar-refractivity contribution < 1.29 is 14.3 Å². The zero-order valence-electron chi connectivity index (χ0n) is 7.26. The molecule has 2 nitrogen and oxygen atoms in total. The summed E-state index contributed by atoms with van der Waals surface area (Å²) >= 11 is 3.21. The van der Waals surface area contributed by atoms with Gasteiger partial charge in [0.1, 0.15) is 5.82 Å². The van der Waals surface area contributed by atoms with Gasteiger partial charge in [0.15, 0.2) is 0 Å². The van der Waals surface area contributed by atoms with Crippen molar-refractivity contribution in [2.45, 2.75) is 18.3 Å². The third-order valence-electron chi connectivity index (χ3n) is 2.60. The van der Waals surface area contributed by atoms with Crippen molar-refractivity contribution in [1.82, 2.24) is 0 Å². The molecule has 1 aromatic rings.